The molecule has 2 heteroatoms. The molecule has 0 unspecified atom stereocenters. The van der Waals surface area contributed by atoms with Crippen molar-refractivity contribution in [3.05, 3.63) is 17.9 Å². The predicted molar refractivity (Wildman–Crippen MR) is 79.0 cm³/mol. The maximum absolute atomic E-state index is 11.7. The quantitative estimate of drug-likeness (QED) is 0.458. The first-order chi connectivity index (χ1) is 9.10. The molecule has 2 nitrogen and oxygen atoms in total. The first-order valence-corrected chi connectivity index (χ1v) is 7.71. The minimum absolute atomic E-state index is 0.0607. The maximum Gasteiger partial charge on any atom is 0.306 e. The Kier molecular flexibility index (Phi) is 7.59. The SMILES string of the molecule is CC1(C)CC=C=CCCCCCCCCCC(=O)O1. The highest BCUT2D eigenvalue weighted by Gasteiger charge is 2.20. The lowest BCUT2D eigenvalue weighted by molar-refractivity contribution is -0.156. The van der Waals surface area contributed by atoms with Gasteiger partial charge in [0.05, 0.1) is 0 Å². The highest BCUT2D eigenvalue weighted by molar-refractivity contribution is 5.69. The summed E-state index contributed by atoms with van der Waals surface area (Å²) < 4.78 is 5.51. The van der Waals surface area contributed by atoms with Crippen LogP contribution >= 0.6 is 0 Å². The first-order valence-electron chi connectivity index (χ1n) is 7.71. The second kappa shape index (κ2) is 8.98. The van der Waals surface area contributed by atoms with Crippen LogP contribution in [0.3, 0.4) is 0 Å². The Labute approximate surface area is 117 Å². The van der Waals surface area contributed by atoms with Gasteiger partial charge in [0.15, 0.2) is 0 Å². The Morgan fingerprint density at radius 3 is 2.37 bits per heavy atom. The van der Waals surface area contributed by atoms with Crippen LogP contribution < -0.4 is 0 Å². The van der Waals surface area contributed by atoms with E-state index in [-0.39, 0.29) is 5.97 Å². The summed E-state index contributed by atoms with van der Waals surface area (Å²) in [6.45, 7) is 3.93. The smallest absolute Gasteiger partial charge is 0.306 e. The van der Waals surface area contributed by atoms with Gasteiger partial charge in [-0.15, -0.1) is 5.73 Å². The zero-order valence-corrected chi connectivity index (χ0v) is 12.5. The van der Waals surface area contributed by atoms with Crippen LogP contribution in [0.4, 0.5) is 0 Å². The first kappa shape index (κ1) is 16.0. The van der Waals surface area contributed by atoms with E-state index >= 15 is 0 Å². The van der Waals surface area contributed by atoms with Crippen LogP contribution in [0.2, 0.25) is 0 Å². The molecule has 0 bridgehead atoms. The van der Waals surface area contributed by atoms with Crippen molar-refractivity contribution < 1.29 is 9.53 Å². The van der Waals surface area contributed by atoms with Crippen molar-refractivity contribution in [2.75, 3.05) is 0 Å². The lowest BCUT2D eigenvalue weighted by Crippen LogP contribution is -2.27. The summed E-state index contributed by atoms with van der Waals surface area (Å²) in [5, 5.41) is 0. The van der Waals surface area contributed by atoms with Crippen molar-refractivity contribution in [3.8, 4) is 0 Å². The molecule has 108 valence electrons. The Morgan fingerprint density at radius 2 is 1.63 bits per heavy atom. The maximum atomic E-state index is 11.7. The lowest BCUT2D eigenvalue weighted by atomic mass is 10.0. The monoisotopic (exact) mass is 264 g/mol. The topological polar surface area (TPSA) is 26.3 Å². The van der Waals surface area contributed by atoms with Crippen LogP contribution in [0.5, 0.6) is 0 Å². The van der Waals surface area contributed by atoms with E-state index in [0.29, 0.717) is 6.42 Å². The van der Waals surface area contributed by atoms with Gasteiger partial charge >= 0.3 is 5.97 Å². The molecule has 1 aliphatic heterocycles. The summed E-state index contributed by atoms with van der Waals surface area (Å²) in [4.78, 5) is 11.7. The lowest BCUT2D eigenvalue weighted by Gasteiger charge is -2.23. The number of carbonyl (C=O) groups is 1. The normalized spacial score (nSPS) is 22.9. The van der Waals surface area contributed by atoms with Crippen LogP contribution in [0, 0.1) is 0 Å². The molecule has 0 atom stereocenters. The number of hydrogen-bond donors (Lipinski definition) is 0. The van der Waals surface area contributed by atoms with E-state index in [4.69, 9.17) is 4.74 Å². The van der Waals surface area contributed by atoms with E-state index in [9.17, 15) is 4.79 Å². The molecule has 0 aliphatic carbocycles. The Morgan fingerprint density at radius 1 is 1.00 bits per heavy atom. The Balaban J connectivity index is 2.50. The van der Waals surface area contributed by atoms with E-state index in [0.717, 1.165) is 25.7 Å². The van der Waals surface area contributed by atoms with Crippen molar-refractivity contribution in [1.29, 1.82) is 0 Å². The van der Waals surface area contributed by atoms with E-state index in [1.807, 2.05) is 19.9 Å². The summed E-state index contributed by atoms with van der Waals surface area (Å²) in [5.41, 5.74) is 2.79. The third kappa shape index (κ3) is 8.67. The molecule has 0 aromatic carbocycles. The highest BCUT2D eigenvalue weighted by Crippen LogP contribution is 2.17. The molecule has 0 fully saturated rings. The molecule has 0 N–H and O–H groups in total. The number of esters is 1. The van der Waals surface area contributed by atoms with Crippen LogP contribution in [-0.2, 0) is 9.53 Å². The second-order valence-corrected chi connectivity index (χ2v) is 6.03. The molecule has 0 saturated carbocycles. The van der Waals surface area contributed by atoms with Crippen molar-refractivity contribution in [2.45, 2.75) is 83.7 Å². The van der Waals surface area contributed by atoms with Crippen molar-refractivity contribution in [1.82, 2.24) is 0 Å². The van der Waals surface area contributed by atoms with Gasteiger partial charge in [0.2, 0.25) is 0 Å². The molecular formula is C17H28O2. The number of rotatable bonds is 0. The largest absolute Gasteiger partial charge is 0.459 e. The van der Waals surface area contributed by atoms with Crippen LogP contribution in [0.15, 0.2) is 17.9 Å². The summed E-state index contributed by atoms with van der Waals surface area (Å²) in [5.74, 6) is -0.0607. The van der Waals surface area contributed by atoms with Gasteiger partial charge in [-0.2, -0.15) is 0 Å². The number of carbonyl (C=O) groups excluding carboxylic acids is 1. The predicted octanol–water partition coefficient (Wildman–Crippen LogP) is 4.93. The third-order valence-corrected chi connectivity index (χ3v) is 3.45. The average molecular weight is 264 g/mol. The third-order valence-electron chi connectivity index (χ3n) is 3.45. The van der Waals surface area contributed by atoms with Gasteiger partial charge in [-0.05, 0) is 45.3 Å². The van der Waals surface area contributed by atoms with Gasteiger partial charge < -0.3 is 4.74 Å². The van der Waals surface area contributed by atoms with E-state index in [1.54, 1.807) is 0 Å². The molecule has 0 aromatic heterocycles. The second-order valence-electron chi connectivity index (χ2n) is 6.03. The van der Waals surface area contributed by atoms with Gasteiger partial charge in [0, 0.05) is 12.8 Å². The van der Waals surface area contributed by atoms with Gasteiger partial charge in [0.1, 0.15) is 5.60 Å². The van der Waals surface area contributed by atoms with Gasteiger partial charge in [-0.25, -0.2) is 0 Å². The molecule has 0 saturated heterocycles. The Bertz CT molecular complexity index is 316. The molecular weight excluding hydrogens is 236 g/mol. The molecule has 0 amide bonds. The van der Waals surface area contributed by atoms with Gasteiger partial charge in [0.25, 0.3) is 0 Å². The van der Waals surface area contributed by atoms with Crippen molar-refractivity contribution in [3.63, 3.8) is 0 Å². The van der Waals surface area contributed by atoms with Crippen molar-refractivity contribution in [2.24, 2.45) is 0 Å². The summed E-state index contributed by atoms with van der Waals surface area (Å²) in [6, 6.07) is 0. The van der Waals surface area contributed by atoms with Crippen molar-refractivity contribution >= 4 is 5.97 Å². The van der Waals surface area contributed by atoms with Gasteiger partial charge in [-0.1, -0.05) is 32.1 Å². The zero-order chi connectivity index (χ0) is 14.0. The van der Waals surface area contributed by atoms with Crippen LogP contribution in [0.1, 0.15) is 78.1 Å². The fraction of sp³-hybridized carbons (Fsp3) is 0.765. The zero-order valence-electron chi connectivity index (χ0n) is 12.5. The standard InChI is InChI=1S/C17H28O2/c1-17(2)15-13-11-9-7-5-3-4-6-8-10-12-14-16(18)19-17/h9,13H,3-8,10,12,14-15H2,1-2H3. The molecule has 1 aliphatic rings. The molecule has 0 spiro atoms. The molecule has 0 radical (unpaired) electrons. The summed E-state index contributed by atoms with van der Waals surface area (Å²) in [6.07, 6.45) is 15.0. The molecule has 0 aromatic rings. The van der Waals surface area contributed by atoms with E-state index in [2.05, 4.69) is 11.8 Å². The molecule has 19 heavy (non-hydrogen) atoms. The number of ether oxygens (including phenoxy) is 1. The fourth-order valence-electron chi connectivity index (χ4n) is 2.27. The fourth-order valence-corrected chi connectivity index (χ4v) is 2.27. The van der Waals surface area contributed by atoms with Crippen LogP contribution in [0.25, 0.3) is 0 Å². The number of hydrogen-bond acceptors (Lipinski definition) is 2. The molecule has 1 rings (SSSR count). The Hall–Kier alpha value is -1.01. The average Bonchev–Trinajstić information content (AvgIpc) is 2.33. The summed E-state index contributed by atoms with van der Waals surface area (Å²) in [7, 11) is 0. The van der Waals surface area contributed by atoms with Crippen LogP contribution in [-0.4, -0.2) is 11.6 Å². The van der Waals surface area contributed by atoms with E-state index < -0.39 is 5.60 Å². The van der Waals surface area contributed by atoms with Gasteiger partial charge in [-0.3, -0.25) is 4.79 Å². The summed E-state index contributed by atoms with van der Waals surface area (Å²) >= 11 is 0. The molecule has 1 heterocycles. The minimum Gasteiger partial charge on any atom is -0.459 e. The highest BCUT2D eigenvalue weighted by atomic mass is 16.6. The minimum atomic E-state index is -0.408. The number of cyclic esters (lactones) is 1. The van der Waals surface area contributed by atoms with E-state index in [1.165, 1.54) is 32.1 Å².